The second kappa shape index (κ2) is 17.0. The second-order valence-corrected chi connectivity index (χ2v) is 7.83. The molecule has 9 heteroatoms. The number of benzene rings is 2. The standard InChI is InChI=1S/C9H13.2C7H5F3O.C5H5.CH2.Zr/c1-6-5-7(2)9(4)8(6)3;2*8-7(9,10)5-3-1-2-4-6(5)11;1-2-4-5-3-1;;/h6H,1-4H3;2*1-4,11H;1-3H,4H2;1H2;/q-1;;;-1;;+2. The van der Waals surface area contributed by atoms with E-state index in [1.54, 1.807) is 0 Å². The van der Waals surface area contributed by atoms with Crippen LogP contribution in [0.1, 0.15) is 45.2 Å². The van der Waals surface area contributed by atoms with E-state index < -0.39 is 35.0 Å². The number of aromatic hydroxyl groups is 2. The molecular formula is C29H30F6O2Zr. The maximum atomic E-state index is 11.9. The van der Waals surface area contributed by atoms with E-state index in [1.165, 1.54) is 65.2 Å². The summed E-state index contributed by atoms with van der Waals surface area (Å²) in [7, 11) is 0. The zero-order valence-corrected chi connectivity index (χ0v) is 24.0. The van der Waals surface area contributed by atoms with Gasteiger partial charge >= 0.3 is 40.8 Å². The van der Waals surface area contributed by atoms with Crippen LogP contribution in [-0.2, 0) is 36.6 Å². The summed E-state index contributed by atoms with van der Waals surface area (Å²) < 4.78 is 74.7. The molecule has 2 N–H and O–H groups in total. The number of hydrogen-bond acceptors (Lipinski definition) is 2. The molecule has 2 aromatic carbocycles. The number of alkyl halides is 6. The van der Waals surface area contributed by atoms with Gasteiger partial charge in [-0.25, -0.2) is 17.7 Å². The van der Waals surface area contributed by atoms with E-state index in [2.05, 4.69) is 50.1 Å². The molecule has 2 aromatic rings. The predicted molar refractivity (Wildman–Crippen MR) is 135 cm³/mol. The molecule has 1 atom stereocenters. The molecule has 0 saturated carbocycles. The number of rotatable bonds is 0. The van der Waals surface area contributed by atoms with Crippen LogP contribution in [0.4, 0.5) is 26.3 Å². The molecule has 204 valence electrons. The molecule has 0 heterocycles. The van der Waals surface area contributed by atoms with Gasteiger partial charge in [-0.05, 0) is 24.3 Å². The first-order chi connectivity index (χ1) is 17.7. The molecule has 38 heavy (non-hydrogen) atoms. The Balaban J connectivity index is 0.000000483. The molecule has 4 rings (SSSR count). The summed E-state index contributed by atoms with van der Waals surface area (Å²) in [5, 5.41) is 17.5. The Hall–Kier alpha value is -2.67. The molecule has 0 bridgehead atoms. The van der Waals surface area contributed by atoms with Crippen LogP contribution >= 0.6 is 0 Å². The van der Waals surface area contributed by atoms with Crippen LogP contribution in [-0.4, -0.2) is 14.4 Å². The van der Waals surface area contributed by atoms with Crippen LogP contribution in [0.5, 0.6) is 11.5 Å². The van der Waals surface area contributed by atoms with Crippen LogP contribution in [0.2, 0.25) is 0 Å². The summed E-state index contributed by atoms with van der Waals surface area (Å²) in [6, 6.07) is 8.79. The number of para-hydroxylation sites is 2. The number of halogens is 6. The molecular weight excluding hydrogens is 586 g/mol. The first-order valence-corrected chi connectivity index (χ1v) is 12.9. The van der Waals surface area contributed by atoms with Crippen molar-refractivity contribution in [1.82, 2.24) is 0 Å². The van der Waals surface area contributed by atoms with E-state index >= 15 is 0 Å². The number of allylic oxidation sites excluding steroid dienone is 8. The molecule has 2 aliphatic carbocycles. The van der Waals surface area contributed by atoms with Crippen molar-refractivity contribution in [3.63, 3.8) is 0 Å². The van der Waals surface area contributed by atoms with Gasteiger partial charge in [0.25, 0.3) is 0 Å². The van der Waals surface area contributed by atoms with Crippen molar-refractivity contribution < 1.29 is 60.8 Å². The fourth-order valence-electron chi connectivity index (χ4n) is 2.93. The molecule has 0 amide bonds. The molecule has 0 aliphatic heterocycles. The van der Waals surface area contributed by atoms with E-state index in [0.717, 1.165) is 30.7 Å². The Morgan fingerprint density at radius 1 is 0.816 bits per heavy atom. The van der Waals surface area contributed by atoms with Gasteiger partial charge in [-0.2, -0.15) is 43.6 Å². The second-order valence-electron chi connectivity index (χ2n) is 7.83. The number of hydrogen-bond donors (Lipinski definition) is 2. The van der Waals surface area contributed by atoms with Crippen molar-refractivity contribution in [3.8, 4) is 11.5 Å². The van der Waals surface area contributed by atoms with Crippen molar-refractivity contribution in [3.05, 3.63) is 107 Å². The third-order valence-electron chi connectivity index (χ3n) is 5.24. The fourth-order valence-corrected chi connectivity index (χ4v) is 2.93. The normalized spacial score (nSPS) is 15.6. The van der Waals surface area contributed by atoms with Crippen molar-refractivity contribution in [2.24, 2.45) is 5.92 Å². The number of phenols is 2. The van der Waals surface area contributed by atoms with Gasteiger partial charge in [-0.15, -0.1) is 13.3 Å². The first-order valence-electron chi connectivity index (χ1n) is 11.2. The zero-order valence-electron chi connectivity index (χ0n) is 21.5. The average Bonchev–Trinajstić information content (AvgIpc) is 3.50. The Morgan fingerprint density at radius 3 is 1.39 bits per heavy atom. The fraction of sp³-hybridized carbons (Fsp3) is 0.276. The third kappa shape index (κ3) is 12.7. The molecule has 0 saturated heterocycles. The van der Waals surface area contributed by atoms with Gasteiger partial charge in [-0.3, -0.25) is 12.2 Å². The van der Waals surface area contributed by atoms with Gasteiger partial charge in [0.15, 0.2) is 0 Å². The van der Waals surface area contributed by atoms with Crippen molar-refractivity contribution in [2.75, 3.05) is 0 Å². The van der Waals surface area contributed by atoms with Gasteiger partial charge in [-0.1, -0.05) is 51.0 Å². The Bertz CT molecular complexity index is 1060. The average molecular weight is 616 g/mol. The molecule has 0 radical (unpaired) electrons. The predicted octanol–water partition coefficient (Wildman–Crippen LogP) is 8.81. The van der Waals surface area contributed by atoms with Crippen molar-refractivity contribution in [2.45, 2.75) is 46.5 Å². The third-order valence-corrected chi connectivity index (χ3v) is 5.24. The number of phenolic OH excluding ortho intramolecular Hbond substituents is 2. The van der Waals surface area contributed by atoms with Crippen LogP contribution in [0.25, 0.3) is 0 Å². The Morgan fingerprint density at radius 2 is 1.24 bits per heavy atom. The molecule has 1 unspecified atom stereocenters. The molecule has 0 aromatic heterocycles. The van der Waals surface area contributed by atoms with Crippen LogP contribution in [0.15, 0.2) is 83.5 Å². The van der Waals surface area contributed by atoms with E-state index in [4.69, 9.17) is 10.2 Å². The minimum absolute atomic E-state index is 0.560. The summed E-state index contributed by atoms with van der Waals surface area (Å²) in [6.07, 6.45) is 4.42. The van der Waals surface area contributed by atoms with Gasteiger partial charge in [0, 0.05) is 0 Å². The zero-order chi connectivity index (χ0) is 29.5. The quantitative estimate of drug-likeness (QED) is 0.230. The van der Waals surface area contributed by atoms with Gasteiger partial charge in [0.1, 0.15) is 11.5 Å². The van der Waals surface area contributed by atoms with E-state index in [-0.39, 0.29) is 0 Å². The Kier molecular flexibility index (Phi) is 15.8. The minimum atomic E-state index is -4.47. The molecule has 2 nitrogen and oxygen atoms in total. The van der Waals surface area contributed by atoms with E-state index in [9.17, 15) is 26.3 Å². The summed E-state index contributed by atoms with van der Waals surface area (Å²) in [5.41, 5.74) is 2.25. The summed E-state index contributed by atoms with van der Waals surface area (Å²) >= 11 is 1.30. The first kappa shape index (κ1) is 35.3. The van der Waals surface area contributed by atoms with Crippen LogP contribution in [0.3, 0.4) is 0 Å². The Labute approximate surface area is 235 Å². The van der Waals surface area contributed by atoms with E-state index in [1.807, 2.05) is 12.2 Å². The van der Waals surface area contributed by atoms with Gasteiger partial charge in [0.05, 0.1) is 11.1 Å². The summed E-state index contributed by atoms with van der Waals surface area (Å²) in [4.78, 5) is 0. The summed E-state index contributed by atoms with van der Waals surface area (Å²) in [6.45, 7) is 8.67. The van der Waals surface area contributed by atoms with Crippen molar-refractivity contribution >= 4 is 4.21 Å². The van der Waals surface area contributed by atoms with Gasteiger partial charge in [0.2, 0.25) is 0 Å². The molecule has 0 fully saturated rings. The monoisotopic (exact) mass is 614 g/mol. The maximum absolute atomic E-state index is 11.9. The SMILES string of the molecule is CC1=[C-]C(C)C(C)=C1C.Oc1ccccc1C(F)(F)F.Oc1ccccc1C(F)(F)F.[C-]1=CC=CC1.[CH2]=[Zr+2]. The molecule has 2 aliphatic rings. The van der Waals surface area contributed by atoms with Crippen LogP contribution < -0.4 is 0 Å². The van der Waals surface area contributed by atoms with Crippen LogP contribution in [0, 0.1) is 18.1 Å². The molecule has 0 spiro atoms. The van der Waals surface area contributed by atoms with Gasteiger partial charge < -0.3 is 10.2 Å². The van der Waals surface area contributed by atoms with Crippen molar-refractivity contribution in [1.29, 1.82) is 0 Å². The summed E-state index contributed by atoms with van der Waals surface area (Å²) in [5.74, 6) is -0.912. The van der Waals surface area contributed by atoms with E-state index in [0.29, 0.717) is 5.92 Å². The topological polar surface area (TPSA) is 40.5 Å².